The van der Waals surface area contributed by atoms with E-state index in [2.05, 4.69) is 13.5 Å². The summed E-state index contributed by atoms with van der Waals surface area (Å²) in [6.45, 7) is 0. The molecule has 1 aromatic rings. The van der Waals surface area contributed by atoms with E-state index in [9.17, 15) is 4.79 Å². The first kappa shape index (κ1) is 9.08. The number of rotatable bonds is 3. The Bertz CT molecular complexity index is 249. The molecule has 0 aliphatic carbocycles. The van der Waals surface area contributed by atoms with Gasteiger partial charge in [0, 0.05) is 6.42 Å². The SMILES string of the molecule is COC(=O)C(N)Cc1cnsn1. The van der Waals surface area contributed by atoms with Gasteiger partial charge in [0.1, 0.15) is 6.04 Å². The van der Waals surface area contributed by atoms with E-state index in [1.165, 1.54) is 7.11 Å². The number of nitrogens with two attached hydrogens (primary N) is 1. The lowest BCUT2D eigenvalue weighted by Gasteiger charge is -2.05. The van der Waals surface area contributed by atoms with Crippen molar-refractivity contribution in [1.82, 2.24) is 8.75 Å². The lowest BCUT2D eigenvalue weighted by molar-refractivity contribution is -0.142. The van der Waals surface area contributed by atoms with E-state index in [1.54, 1.807) is 6.20 Å². The molecule has 0 radical (unpaired) electrons. The van der Waals surface area contributed by atoms with Crippen LogP contribution in [0.1, 0.15) is 5.69 Å². The molecular weight excluding hydrogens is 178 g/mol. The van der Waals surface area contributed by atoms with E-state index < -0.39 is 12.0 Å². The van der Waals surface area contributed by atoms with Crippen LogP contribution in [0.25, 0.3) is 0 Å². The number of hydrogen-bond donors (Lipinski definition) is 1. The second kappa shape index (κ2) is 4.13. The number of carbonyl (C=O) groups is 1. The lowest BCUT2D eigenvalue weighted by atomic mass is 10.2. The van der Waals surface area contributed by atoms with Gasteiger partial charge in [0.2, 0.25) is 0 Å². The average molecular weight is 187 g/mol. The fourth-order valence-corrected chi connectivity index (χ4v) is 1.18. The van der Waals surface area contributed by atoms with E-state index in [4.69, 9.17) is 5.73 Å². The highest BCUT2D eigenvalue weighted by Gasteiger charge is 2.15. The Kier molecular flexibility index (Phi) is 3.12. The molecule has 6 heteroatoms. The summed E-state index contributed by atoms with van der Waals surface area (Å²) in [4.78, 5) is 10.8. The topological polar surface area (TPSA) is 78.1 Å². The summed E-state index contributed by atoms with van der Waals surface area (Å²) in [7, 11) is 1.31. The zero-order valence-corrected chi connectivity index (χ0v) is 7.37. The van der Waals surface area contributed by atoms with Gasteiger partial charge >= 0.3 is 5.97 Å². The summed E-state index contributed by atoms with van der Waals surface area (Å²) in [5, 5.41) is 0. The van der Waals surface area contributed by atoms with Crippen molar-refractivity contribution >= 4 is 17.7 Å². The largest absolute Gasteiger partial charge is 0.468 e. The van der Waals surface area contributed by atoms with Gasteiger partial charge in [-0.3, -0.25) is 4.79 Å². The molecule has 0 saturated heterocycles. The molecular formula is C6H9N3O2S. The van der Waals surface area contributed by atoms with Crippen LogP contribution >= 0.6 is 11.7 Å². The number of carbonyl (C=O) groups excluding carboxylic acids is 1. The van der Waals surface area contributed by atoms with Gasteiger partial charge in [0.05, 0.1) is 30.7 Å². The summed E-state index contributed by atoms with van der Waals surface area (Å²) in [5.74, 6) is -0.428. The normalized spacial score (nSPS) is 12.5. The average Bonchev–Trinajstić information content (AvgIpc) is 2.55. The van der Waals surface area contributed by atoms with Gasteiger partial charge in [-0.1, -0.05) is 0 Å². The predicted molar refractivity (Wildman–Crippen MR) is 43.6 cm³/mol. The van der Waals surface area contributed by atoms with E-state index >= 15 is 0 Å². The highest BCUT2D eigenvalue weighted by Crippen LogP contribution is 1.99. The summed E-state index contributed by atoms with van der Waals surface area (Å²) < 4.78 is 12.2. The van der Waals surface area contributed by atoms with Crippen molar-refractivity contribution in [3.8, 4) is 0 Å². The minimum atomic E-state index is -0.640. The monoisotopic (exact) mass is 187 g/mol. The van der Waals surface area contributed by atoms with Crippen molar-refractivity contribution in [1.29, 1.82) is 0 Å². The number of methoxy groups -OCH3 is 1. The second-order valence-electron chi connectivity index (χ2n) is 2.23. The van der Waals surface area contributed by atoms with E-state index in [0.717, 1.165) is 17.4 Å². The summed E-state index contributed by atoms with van der Waals surface area (Å²) in [6, 6.07) is -0.640. The van der Waals surface area contributed by atoms with Crippen molar-refractivity contribution in [3.63, 3.8) is 0 Å². The zero-order chi connectivity index (χ0) is 8.97. The summed E-state index contributed by atoms with van der Waals surface area (Å²) >= 11 is 1.09. The molecule has 0 saturated carbocycles. The summed E-state index contributed by atoms with van der Waals surface area (Å²) in [5.41, 5.74) is 6.20. The molecule has 0 fully saturated rings. The molecule has 0 aliphatic heterocycles. The maximum atomic E-state index is 10.8. The fourth-order valence-electron chi connectivity index (χ4n) is 0.734. The molecule has 5 nitrogen and oxygen atoms in total. The molecule has 0 bridgehead atoms. The zero-order valence-electron chi connectivity index (χ0n) is 6.56. The van der Waals surface area contributed by atoms with Gasteiger partial charge in [0.25, 0.3) is 0 Å². The molecule has 0 spiro atoms. The minimum absolute atomic E-state index is 0.378. The van der Waals surface area contributed by atoms with Crippen LogP contribution in [0.15, 0.2) is 6.20 Å². The van der Waals surface area contributed by atoms with E-state index in [0.29, 0.717) is 6.42 Å². The Morgan fingerprint density at radius 1 is 1.92 bits per heavy atom. The van der Waals surface area contributed by atoms with Crippen LogP contribution in [0, 0.1) is 0 Å². The number of ether oxygens (including phenoxy) is 1. The first-order valence-corrected chi connectivity index (χ1v) is 4.07. The number of aromatic nitrogens is 2. The third kappa shape index (κ3) is 2.24. The molecule has 0 aromatic carbocycles. The Balaban J connectivity index is 2.47. The van der Waals surface area contributed by atoms with Crippen molar-refractivity contribution < 1.29 is 9.53 Å². The standard InChI is InChI=1S/C6H9N3O2S/c1-11-6(10)5(7)2-4-3-8-12-9-4/h3,5H,2,7H2,1H3. The van der Waals surface area contributed by atoms with Crippen molar-refractivity contribution in [2.24, 2.45) is 5.73 Å². The maximum absolute atomic E-state index is 10.8. The van der Waals surface area contributed by atoms with Crippen LogP contribution in [-0.2, 0) is 16.0 Å². The Morgan fingerprint density at radius 3 is 3.17 bits per heavy atom. The third-order valence-corrected chi connectivity index (χ3v) is 1.86. The number of nitrogens with zero attached hydrogens (tertiary/aromatic N) is 2. The van der Waals surface area contributed by atoms with E-state index in [-0.39, 0.29) is 0 Å². The Labute approximate surface area is 73.9 Å². The smallest absolute Gasteiger partial charge is 0.323 e. The minimum Gasteiger partial charge on any atom is -0.468 e. The highest BCUT2D eigenvalue weighted by atomic mass is 32.1. The van der Waals surface area contributed by atoms with Crippen molar-refractivity contribution in [2.45, 2.75) is 12.5 Å². The Hall–Kier alpha value is -1.01. The van der Waals surface area contributed by atoms with Gasteiger partial charge in [-0.15, -0.1) is 0 Å². The van der Waals surface area contributed by atoms with Gasteiger partial charge in [-0.25, -0.2) is 0 Å². The first-order chi connectivity index (χ1) is 5.74. The molecule has 1 rings (SSSR count). The lowest BCUT2D eigenvalue weighted by Crippen LogP contribution is -2.33. The van der Waals surface area contributed by atoms with Crippen LogP contribution in [0.2, 0.25) is 0 Å². The Morgan fingerprint density at radius 2 is 2.67 bits per heavy atom. The van der Waals surface area contributed by atoms with Crippen LogP contribution in [0.5, 0.6) is 0 Å². The molecule has 0 aliphatic rings. The van der Waals surface area contributed by atoms with Gasteiger partial charge in [-0.2, -0.15) is 8.75 Å². The van der Waals surface area contributed by atoms with E-state index in [1.807, 2.05) is 0 Å². The third-order valence-electron chi connectivity index (χ3n) is 1.34. The molecule has 1 atom stereocenters. The fraction of sp³-hybridized carbons (Fsp3) is 0.500. The van der Waals surface area contributed by atoms with Crippen molar-refractivity contribution in [3.05, 3.63) is 11.9 Å². The second-order valence-corrected chi connectivity index (χ2v) is 2.79. The number of hydrogen-bond acceptors (Lipinski definition) is 6. The van der Waals surface area contributed by atoms with Gasteiger partial charge in [0.15, 0.2) is 0 Å². The molecule has 0 amide bonds. The predicted octanol–water partition coefficient (Wildman–Crippen LogP) is -0.419. The highest BCUT2D eigenvalue weighted by molar-refractivity contribution is 6.99. The quantitative estimate of drug-likeness (QED) is 0.650. The van der Waals surface area contributed by atoms with Crippen molar-refractivity contribution in [2.75, 3.05) is 7.11 Å². The van der Waals surface area contributed by atoms with Crippen LogP contribution in [-0.4, -0.2) is 27.9 Å². The number of esters is 1. The summed E-state index contributed by atoms with van der Waals surface area (Å²) in [6.07, 6.45) is 1.97. The molecule has 12 heavy (non-hydrogen) atoms. The molecule has 1 heterocycles. The molecule has 1 aromatic heterocycles. The van der Waals surface area contributed by atoms with Gasteiger partial charge in [-0.05, 0) is 0 Å². The van der Waals surface area contributed by atoms with Crippen LogP contribution in [0.3, 0.4) is 0 Å². The van der Waals surface area contributed by atoms with Crippen LogP contribution < -0.4 is 5.73 Å². The van der Waals surface area contributed by atoms with Gasteiger partial charge < -0.3 is 10.5 Å². The van der Waals surface area contributed by atoms with Crippen LogP contribution in [0.4, 0.5) is 0 Å². The first-order valence-electron chi connectivity index (χ1n) is 3.34. The molecule has 66 valence electrons. The molecule has 2 N–H and O–H groups in total. The maximum Gasteiger partial charge on any atom is 0.323 e. The molecule has 1 unspecified atom stereocenters.